The number of thioether (sulfide) groups is 1. The number of aliphatic hydroxyl groups is 1. The highest BCUT2D eigenvalue weighted by atomic mass is 32.2. The van der Waals surface area contributed by atoms with Crippen molar-refractivity contribution in [2.24, 2.45) is 0 Å². The first kappa shape index (κ1) is 16.5. The maximum absolute atomic E-state index is 11.6. The summed E-state index contributed by atoms with van der Waals surface area (Å²) in [4.78, 5) is 27.0. The zero-order valence-corrected chi connectivity index (χ0v) is 12.4. The molecule has 1 rings (SSSR count). The highest BCUT2D eigenvalue weighted by Crippen LogP contribution is 2.11. The molecule has 0 aromatic carbocycles. The van der Waals surface area contributed by atoms with Gasteiger partial charge in [0.05, 0.1) is 17.5 Å². The monoisotopic (exact) mass is 297 g/mol. The number of carbonyl (C=O) groups is 2. The summed E-state index contributed by atoms with van der Waals surface area (Å²) in [6.07, 6.45) is 5.49. The lowest BCUT2D eigenvalue weighted by atomic mass is 10.0. The molecular formula is C13H19N3O3S. The molecule has 0 spiro atoms. The Kier molecular flexibility index (Phi) is 6.47. The van der Waals surface area contributed by atoms with Gasteiger partial charge in [-0.15, -0.1) is 0 Å². The summed E-state index contributed by atoms with van der Waals surface area (Å²) in [6.45, 7) is 1.66. The number of carbonyl (C=O) groups excluding carboxylic acids is 2. The normalized spacial score (nSPS) is 13.3. The maximum atomic E-state index is 11.6. The van der Waals surface area contributed by atoms with E-state index in [0.717, 1.165) is 5.75 Å². The second kappa shape index (κ2) is 7.86. The molecule has 1 aromatic rings. The van der Waals surface area contributed by atoms with E-state index in [1.165, 1.54) is 6.20 Å². The minimum Gasteiger partial charge on any atom is -0.388 e. The minimum absolute atomic E-state index is 0.0346. The molecule has 0 aliphatic carbocycles. The van der Waals surface area contributed by atoms with Crippen molar-refractivity contribution >= 4 is 29.3 Å². The SMILES string of the molecule is CSCC[C@@](C)(O)CNC(=O)C(=O)Nc1cccnc1. The Hall–Kier alpha value is -1.60. The molecule has 2 amide bonds. The van der Waals surface area contributed by atoms with Crippen LogP contribution < -0.4 is 10.6 Å². The number of hydrogen-bond acceptors (Lipinski definition) is 5. The Morgan fingerprint density at radius 3 is 2.80 bits per heavy atom. The van der Waals surface area contributed by atoms with Gasteiger partial charge < -0.3 is 15.7 Å². The molecule has 110 valence electrons. The summed E-state index contributed by atoms with van der Waals surface area (Å²) in [7, 11) is 0. The molecular weight excluding hydrogens is 278 g/mol. The van der Waals surface area contributed by atoms with E-state index in [9.17, 15) is 14.7 Å². The van der Waals surface area contributed by atoms with Crippen molar-refractivity contribution in [1.82, 2.24) is 10.3 Å². The zero-order valence-electron chi connectivity index (χ0n) is 11.5. The number of aromatic nitrogens is 1. The fraction of sp³-hybridized carbons (Fsp3) is 0.462. The molecule has 0 saturated heterocycles. The van der Waals surface area contributed by atoms with E-state index in [1.807, 2.05) is 6.26 Å². The zero-order chi connectivity index (χ0) is 15.0. The second-order valence-corrected chi connectivity index (χ2v) is 5.60. The first-order valence-corrected chi connectivity index (χ1v) is 7.54. The van der Waals surface area contributed by atoms with Crippen LogP contribution in [0.4, 0.5) is 5.69 Å². The Balaban J connectivity index is 2.40. The minimum atomic E-state index is -1.02. The van der Waals surface area contributed by atoms with Crippen LogP contribution in [0.15, 0.2) is 24.5 Å². The smallest absolute Gasteiger partial charge is 0.313 e. The number of hydrogen-bond donors (Lipinski definition) is 3. The predicted molar refractivity (Wildman–Crippen MR) is 79.5 cm³/mol. The molecule has 1 aromatic heterocycles. The van der Waals surface area contributed by atoms with Gasteiger partial charge in [0, 0.05) is 12.7 Å². The van der Waals surface area contributed by atoms with Gasteiger partial charge in [-0.25, -0.2) is 0 Å². The van der Waals surface area contributed by atoms with Gasteiger partial charge in [0.15, 0.2) is 0 Å². The van der Waals surface area contributed by atoms with Crippen LogP contribution in [0.1, 0.15) is 13.3 Å². The number of rotatable bonds is 6. The van der Waals surface area contributed by atoms with Crippen LogP contribution >= 0.6 is 11.8 Å². The van der Waals surface area contributed by atoms with Crippen LogP contribution in [0, 0.1) is 0 Å². The molecule has 0 fully saturated rings. The van der Waals surface area contributed by atoms with Crippen LogP contribution in [-0.4, -0.2) is 46.1 Å². The van der Waals surface area contributed by atoms with Gasteiger partial charge in [-0.1, -0.05) is 0 Å². The van der Waals surface area contributed by atoms with E-state index in [1.54, 1.807) is 37.0 Å². The van der Waals surface area contributed by atoms with Crippen molar-refractivity contribution in [2.45, 2.75) is 18.9 Å². The van der Waals surface area contributed by atoms with Gasteiger partial charge in [-0.3, -0.25) is 14.6 Å². The molecule has 1 heterocycles. The van der Waals surface area contributed by atoms with E-state index < -0.39 is 17.4 Å². The molecule has 0 bridgehead atoms. The summed E-state index contributed by atoms with van der Waals surface area (Å²) in [6, 6.07) is 3.29. The Morgan fingerprint density at radius 1 is 1.45 bits per heavy atom. The third kappa shape index (κ3) is 6.03. The lowest BCUT2D eigenvalue weighted by molar-refractivity contribution is -0.136. The third-order valence-electron chi connectivity index (χ3n) is 2.60. The molecule has 0 radical (unpaired) electrons. The van der Waals surface area contributed by atoms with Gasteiger partial charge in [0.1, 0.15) is 0 Å². The third-order valence-corrected chi connectivity index (χ3v) is 3.21. The van der Waals surface area contributed by atoms with Crippen LogP contribution in [0.3, 0.4) is 0 Å². The highest BCUT2D eigenvalue weighted by Gasteiger charge is 2.22. The molecule has 3 N–H and O–H groups in total. The van der Waals surface area contributed by atoms with Gasteiger partial charge in [-0.2, -0.15) is 11.8 Å². The average Bonchev–Trinajstić information content (AvgIpc) is 2.44. The van der Waals surface area contributed by atoms with Crippen LogP contribution in [0.25, 0.3) is 0 Å². The van der Waals surface area contributed by atoms with Crippen molar-refractivity contribution in [3.05, 3.63) is 24.5 Å². The Labute approximate surface area is 122 Å². The van der Waals surface area contributed by atoms with Crippen LogP contribution in [0.2, 0.25) is 0 Å². The molecule has 0 aliphatic heterocycles. The molecule has 0 unspecified atom stereocenters. The maximum Gasteiger partial charge on any atom is 0.313 e. The van der Waals surface area contributed by atoms with Gasteiger partial charge in [0.25, 0.3) is 0 Å². The lowest BCUT2D eigenvalue weighted by Crippen LogP contribution is -2.44. The van der Waals surface area contributed by atoms with E-state index in [4.69, 9.17) is 0 Å². The van der Waals surface area contributed by atoms with Crippen molar-refractivity contribution < 1.29 is 14.7 Å². The molecule has 7 heteroatoms. The Bertz CT molecular complexity index is 451. The first-order chi connectivity index (χ1) is 9.44. The van der Waals surface area contributed by atoms with E-state index >= 15 is 0 Å². The lowest BCUT2D eigenvalue weighted by Gasteiger charge is -2.22. The second-order valence-electron chi connectivity index (χ2n) is 4.62. The summed E-state index contributed by atoms with van der Waals surface area (Å²) in [5.74, 6) is -0.776. The molecule has 6 nitrogen and oxygen atoms in total. The van der Waals surface area contributed by atoms with Gasteiger partial charge >= 0.3 is 11.8 Å². The summed E-state index contributed by atoms with van der Waals surface area (Å²) >= 11 is 1.61. The number of pyridine rings is 1. The van der Waals surface area contributed by atoms with Crippen molar-refractivity contribution in [1.29, 1.82) is 0 Å². The number of nitrogens with one attached hydrogen (secondary N) is 2. The van der Waals surface area contributed by atoms with E-state index in [0.29, 0.717) is 12.1 Å². The molecule has 0 aliphatic rings. The average molecular weight is 297 g/mol. The quantitative estimate of drug-likeness (QED) is 0.670. The van der Waals surface area contributed by atoms with Crippen molar-refractivity contribution in [2.75, 3.05) is 23.9 Å². The topological polar surface area (TPSA) is 91.3 Å². The van der Waals surface area contributed by atoms with Crippen molar-refractivity contribution in [3.8, 4) is 0 Å². The Morgan fingerprint density at radius 2 is 2.20 bits per heavy atom. The predicted octanol–water partition coefficient (Wildman–Crippen LogP) is 0.640. The van der Waals surface area contributed by atoms with Gasteiger partial charge in [0.2, 0.25) is 0 Å². The summed E-state index contributed by atoms with van der Waals surface area (Å²) in [5.41, 5.74) is -0.574. The number of anilines is 1. The van der Waals surface area contributed by atoms with Crippen LogP contribution in [0.5, 0.6) is 0 Å². The van der Waals surface area contributed by atoms with Gasteiger partial charge in [-0.05, 0) is 37.5 Å². The highest BCUT2D eigenvalue weighted by molar-refractivity contribution is 7.98. The largest absolute Gasteiger partial charge is 0.388 e. The summed E-state index contributed by atoms with van der Waals surface area (Å²) < 4.78 is 0. The van der Waals surface area contributed by atoms with Crippen LogP contribution in [-0.2, 0) is 9.59 Å². The van der Waals surface area contributed by atoms with Crippen molar-refractivity contribution in [3.63, 3.8) is 0 Å². The molecule has 0 saturated carbocycles. The number of nitrogens with zero attached hydrogens (tertiary/aromatic N) is 1. The van der Waals surface area contributed by atoms with E-state index in [2.05, 4.69) is 15.6 Å². The number of amides is 2. The molecule has 1 atom stereocenters. The fourth-order valence-electron chi connectivity index (χ4n) is 1.39. The fourth-order valence-corrected chi connectivity index (χ4v) is 2.03. The van der Waals surface area contributed by atoms with E-state index in [-0.39, 0.29) is 6.54 Å². The molecule has 20 heavy (non-hydrogen) atoms. The summed E-state index contributed by atoms with van der Waals surface area (Å²) in [5, 5.41) is 14.8. The first-order valence-electron chi connectivity index (χ1n) is 6.15. The standard InChI is InChI=1S/C13H19N3O3S/c1-13(19,5-7-20-2)9-15-11(17)12(18)16-10-4-3-6-14-8-10/h3-4,6,8,19H,5,7,9H2,1-2H3,(H,15,17)(H,16,18)/t13-/m1/s1.